The summed E-state index contributed by atoms with van der Waals surface area (Å²) in [6.45, 7) is 0. The zero-order chi connectivity index (χ0) is 29.9. The van der Waals surface area contributed by atoms with Gasteiger partial charge in [0.15, 0.2) is 0 Å². The van der Waals surface area contributed by atoms with E-state index in [0.29, 0.717) is 17.0 Å². The Labute approximate surface area is 233 Å². The van der Waals surface area contributed by atoms with Crippen LogP contribution in [0.5, 0.6) is 5.75 Å². The molecule has 11 N–H and O–H groups in total. The highest BCUT2D eigenvalue weighted by Crippen LogP contribution is 2.12. The van der Waals surface area contributed by atoms with E-state index in [9.17, 15) is 34.2 Å². The van der Waals surface area contributed by atoms with E-state index in [1.165, 1.54) is 49.3 Å². The van der Waals surface area contributed by atoms with E-state index in [2.05, 4.69) is 35.9 Å². The molecule has 3 rings (SSSR count). The van der Waals surface area contributed by atoms with Crippen molar-refractivity contribution in [3.63, 3.8) is 0 Å². The molecule has 218 valence electrons. The number of aromatic amines is 2. The van der Waals surface area contributed by atoms with Crippen LogP contribution in [0.1, 0.15) is 23.4 Å². The van der Waals surface area contributed by atoms with Crippen molar-refractivity contribution in [2.24, 2.45) is 11.5 Å². The van der Waals surface area contributed by atoms with Crippen LogP contribution in [0.25, 0.3) is 0 Å². The number of aromatic hydroxyl groups is 1. The number of carbonyl (C=O) groups is 5. The number of phenols is 1. The molecule has 3 aromatic rings. The lowest BCUT2D eigenvalue weighted by atomic mass is 10.0. The number of primary amides is 1. The van der Waals surface area contributed by atoms with Crippen molar-refractivity contribution < 1.29 is 34.2 Å². The van der Waals surface area contributed by atoms with Crippen LogP contribution in [0.2, 0.25) is 0 Å². The Hall–Kier alpha value is -5.25. The van der Waals surface area contributed by atoms with Crippen LogP contribution < -0.4 is 27.4 Å². The van der Waals surface area contributed by atoms with Crippen LogP contribution in [0, 0.1) is 0 Å². The molecule has 41 heavy (non-hydrogen) atoms. The monoisotopic (exact) mass is 569 g/mol. The third-order valence-corrected chi connectivity index (χ3v) is 5.97. The fraction of sp³-hybridized carbons (Fsp3) is 0.320. The lowest BCUT2D eigenvalue weighted by Gasteiger charge is -2.24. The van der Waals surface area contributed by atoms with Gasteiger partial charge in [-0.15, -0.1) is 0 Å². The molecule has 0 saturated carbocycles. The maximum atomic E-state index is 13.2. The number of benzene rings is 1. The van der Waals surface area contributed by atoms with E-state index in [0.717, 1.165) is 0 Å². The van der Waals surface area contributed by atoms with Gasteiger partial charge < -0.3 is 47.6 Å². The fourth-order valence-corrected chi connectivity index (χ4v) is 3.85. The van der Waals surface area contributed by atoms with Gasteiger partial charge in [-0.2, -0.15) is 0 Å². The average Bonchev–Trinajstić information content (AvgIpc) is 3.63. The molecule has 0 aliphatic heterocycles. The molecule has 4 amide bonds. The standard InChI is InChI=1S/C25H31N9O7/c26-17(6-14-9-28-11-30-14)22(37)32-19(8-21(27)36)24(39)33-18(7-15-10-29-12-31-15)23(38)34-20(25(40)41)5-13-1-3-16(35)4-2-13/h1-4,9-12,17-20,35H,5-8,26H2,(H2,27,36)(H,28,30)(H,29,31)(H,32,37)(H,33,39)(H,34,38)(H,40,41). The Morgan fingerprint density at radius 1 is 0.780 bits per heavy atom. The maximum absolute atomic E-state index is 13.2. The van der Waals surface area contributed by atoms with Gasteiger partial charge in [0.05, 0.1) is 25.1 Å². The first kappa shape index (κ1) is 30.3. The number of nitrogens with zero attached hydrogens (tertiary/aromatic N) is 2. The van der Waals surface area contributed by atoms with Crippen LogP contribution in [0.4, 0.5) is 0 Å². The smallest absolute Gasteiger partial charge is 0.326 e. The molecule has 0 aliphatic rings. The molecular formula is C25H31N9O7. The first-order valence-electron chi connectivity index (χ1n) is 12.4. The molecule has 0 bridgehead atoms. The van der Waals surface area contributed by atoms with E-state index in [-0.39, 0.29) is 25.0 Å². The number of amides is 4. The number of imidazole rings is 2. The van der Waals surface area contributed by atoms with Gasteiger partial charge in [-0.05, 0) is 17.7 Å². The van der Waals surface area contributed by atoms with E-state index >= 15 is 0 Å². The van der Waals surface area contributed by atoms with Crippen molar-refractivity contribution in [1.82, 2.24) is 35.9 Å². The van der Waals surface area contributed by atoms with Gasteiger partial charge in [-0.25, -0.2) is 14.8 Å². The number of nitrogens with two attached hydrogens (primary N) is 2. The Morgan fingerprint density at radius 3 is 1.85 bits per heavy atom. The molecule has 0 saturated heterocycles. The minimum atomic E-state index is -1.47. The minimum Gasteiger partial charge on any atom is -0.508 e. The van der Waals surface area contributed by atoms with Crippen molar-refractivity contribution >= 4 is 29.6 Å². The number of rotatable bonds is 15. The number of aromatic nitrogens is 4. The van der Waals surface area contributed by atoms with Crippen molar-refractivity contribution in [2.75, 3.05) is 0 Å². The summed E-state index contributed by atoms with van der Waals surface area (Å²) in [5, 5.41) is 26.4. The summed E-state index contributed by atoms with van der Waals surface area (Å²) in [7, 11) is 0. The molecule has 1 aromatic carbocycles. The minimum absolute atomic E-state index is 0.00753. The first-order valence-corrected chi connectivity index (χ1v) is 12.4. The number of carboxylic acid groups (broad SMARTS) is 1. The molecule has 0 fully saturated rings. The predicted octanol–water partition coefficient (Wildman–Crippen LogP) is -2.39. The number of hydrogen-bond acceptors (Lipinski definition) is 9. The number of carbonyl (C=O) groups excluding carboxylic acids is 4. The van der Waals surface area contributed by atoms with Crippen LogP contribution in [0.3, 0.4) is 0 Å². The van der Waals surface area contributed by atoms with Crippen LogP contribution in [-0.4, -0.2) is 83.9 Å². The van der Waals surface area contributed by atoms with Gasteiger partial charge in [-0.1, -0.05) is 12.1 Å². The number of hydrogen-bond donors (Lipinski definition) is 9. The third kappa shape index (κ3) is 9.47. The lowest BCUT2D eigenvalue weighted by molar-refractivity contribution is -0.142. The highest BCUT2D eigenvalue weighted by atomic mass is 16.4. The van der Waals surface area contributed by atoms with Crippen LogP contribution in [-0.2, 0) is 43.2 Å². The Kier molecular flexibility index (Phi) is 10.5. The van der Waals surface area contributed by atoms with E-state index in [1.54, 1.807) is 0 Å². The quantitative estimate of drug-likeness (QED) is 0.0936. The highest BCUT2D eigenvalue weighted by molar-refractivity contribution is 5.96. The van der Waals surface area contributed by atoms with Crippen molar-refractivity contribution in [2.45, 2.75) is 49.9 Å². The van der Waals surface area contributed by atoms with Crippen LogP contribution in [0.15, 0.2) is 49.3 Å². The van der Waals surface area contributed by atoms with Gasteiger partial charge in [-0.3, -0.25) is 19.2 Å². The number of carboxylic acids is 1. The fourth-order valence-electron chi connectivity index (χ4n) is 3.85. The average molecular weight is 570 g/mol. The van der Waals surface area contributed by atoms with Gasteiger partial charge in [0.25, 0.3) is 0 Å². The normalized spacial score (nSPS) is 13.8. The van der Waals surface area contributed by atoms with Crippen molar-refractivity contribution in [3.8, 4) is 5.75 Å². The summed E-state index contributed by atoms with van der Waals surface area (Å²) >= 11 is 0. The molecule has 0 aliphatic carbocycles. The van der Waals surface area contributed by atoms with Gasteiger partial charge in [0.2, 0.25) is 23.6 Å². The molecule has 2 aromatic heterocycles. The summed E-state index contributed by atoms with van der Waals surface area (Å²) in [5.74, 6) is -4.76. The molecule has 0 radical (unpaired) electrons. The zero-order valence-electron chi connectivity index (χ0n) is 21.7. The van der Waals surface area contributed by atoms with Crippen molar-refractivity contribution in [1.29, 1.82) is 0 Å². The number of nitrogens with one attached hydrogen (secondary N) is 5. The Balaban J connectivity index is 1.74. The Bertz CT molecular complexity index is 1330. The number of phenolic OH excluding ortho intramolecular Hbond substituents is 1. The van der Waals surface area contributed by atoms with Crippen LogP contribution >= 0.6 is 0 Å². The summed E-state index contributed by atoms with van der Waals surface area (Å²) in [6.07, 6.45) is 4.90. The molecular weight excluding hydrogens is 538 g/mol. The van der Waals surface area contributed by atoms with E-state index < -0.39 is 60.2 Å². The topological polar surface area (TPSA) is 271 Å². The second-order valence-electron chi connectivity index (χ2n) is 9.23. The summed E-state index contributed by atoms with van der Waals surface area (Å²) in [5.41, 5.74) is 12.8. The van der Waals surface area contributed by atoms with Gasteiger partial charge in [0.1, 0.15) is 23.9 Å². The Morgan fingerprint density at radius 2 is 1.32 bits per heavy atom. The summed E-state index contributed by atoms with van der Waals surface area (Å²) in [6, 6.07) is 0.489. The zero-order valence-corrected chi connectivity index (χ0v) is 21.7. The summed E-state index contributed by atoms with van der Waals surface area (Å²) < 4.78 is 0. The molecule has 16 nitrogen and oxygen atoms in total. The van der Waals surface area contributed by atoms with E-state index in [4.69, 9.17) is 11.5 Å². The van der Waals surface area contributed by atoms with E-state index in [1.807, 2.05) is 0 Å². The van der Waals surface area contributed by atoms with Gasteiger partial charge in [0, 0.05) is 43.0 Å². The molecule has 16 heteroatoms. The van der Waals surface area contributed by atoms with Crippen molar-refractivity contribution in [3.05, 3.63) is 66.3 Å². The number of H-pyrrole nitrogens is 2. The second-order valence-corrected chi connectivity index (χ2v) is 9.23. The predicted molar refractivity (Wildman–Crippen MR) is 142 cm³/mol. The number of aliphatic carboxylic acids is 1. The molecule has 0 spiro atoms. The molecule has 4 atom stereocenters. The first-order chi connectivity index (χ1) is 19.5. The highest BCUT2D eigenvalue weighted by Gasteiger charge is 2.31. The third-order valence-electron chi connectivity index (χ3n) is 5.97. The lowest BCUT2D eigenvalue weighted by Crippen LogP contribution is -2.58. The molecule has 2 heterocycles. The summed E-state index contributed by atoms with van der Waals surface area (Å²) in [4.78, 5) is 76.0. The molecule has 4 unspecified atom stereocenters. The maximum Gasteiger partial charge on any atom is 0.326 e. The largest absolute Gasteiger partial charge is 0.508 e. The SMILES string of the molecule is NC(=O)CC(NC(=O)C(N)Cc1cnc[nH]1)C(=O)NC(Cc1cnc[nH]1)C(=O)NC(Cc1ccc(O)cc1)C(=O)O. The van der Waals surface area contributed by atoms with Gasteiger partial charge >= 0.3 is 5.97 Å². The second kappa shape index (κ2) is 14.2.